The average Bonchev–Trinajstić information content (AvgIpc) is 2.69. The predicted octanol–water partition coefficient (Wildman–Crippen LogP) is 1.32. The molecule has 1 unspecified atom stereocenters. The highest BCUT2D eigenvalue weighted by Gasteiger charge is 2.22. The Morgan fingerprint density at radius 1 is 1.29 bits per heavy atom. The molecule has 0 spiro atoms. The number of likely N-dealkylation sites (N-methyl/N-ethyl adjacent to an activating group) is 2. The minimum Gasteiger partial charge on any atom is -0.358 e. The Kier molecular flexibility index (Phi) is 9.02. The highest BCUT2D eigenvalue weighted by Crippen LogP contribution is 2.19. The SMILES string of the molecule is CN=C(NCC(c1ccc(Cl)cc1)N(C)C)NC1CCN(CC(=O)NC)CC1. The number of hydrogen-bond acceptors (Lipinski definition) is 4. The normalized spacial score (nSPS) is 17.4. The van der Waals surface area contributed by atoms with E-state index in [0.717, 1.165) is 43.5 Å². The average molecular weight is 409 g/mol. The van der Waals surface area contributed by atoms with Crippen LogP contribution in [-0.2, 0) is 4.79 Å². The quantitative estimate of drug-likeness (QED) is 0.469. The fourth-order valence-corrected chi connectivity index (χ4v) is 3.51. The summed E-state index contributed by atoms with van der Waals surface area (Å²) in [5.74, 6) is 0.881. The van der Waals surface area contributed by atoms with Crippen molar-refractivity contribution < 1.29 is 4.79 Å². The highest BCUT2D eigenvalue weighted by molar-refractivity contribution is 6.30. The van der Waals surface area contributed by atoms with E-state index in [2.05, 4.69) is 57.0 Å². The van der Waals surface area contributed by atoms with Crippen LogP contribution in [0.3, 0.4) is 0 Å². The number of likely N-dealkylation sites (tertiary alicyclic amines) is 1. The van der Waals surface area contributed by atoms with Crippen molar-refractivity contribution in [2.75, 3.05) is 54.4 Å². The molecule has 0 aliphatic carbocycles. The second-order valence-electron chi connectivity index (χ2n) is 7.35. The van der Waals surface area contributed by atoms with Gasteiger partial charge in [-0.25, -0.2) is 0 Å². The summed E-state index contributed by atoms with van der Waals surface area (Å²) in [7, 11) is 7.61. The van der Waals surface area contributed by atoms with E-state index >= 15 is 0 Å². The number of halogens is 1. The number of benzene rings is 1. The Morgan fingerprint density at radius 3 is 2.46 bits per heavy atom. The summed E-state index contributed by atoms with van der Waals surface area (Å²) in [6.45, 7) is 3.03. The minimum atomic E-state index is 0.0702. The zero-order chi connectivity index (χ0) is 20.5. The number of aliphatic imine (C=N–C) groups is 1. The number of amides is 1. The monoisotopic (exact) mass is 408 g/mol. The van der Waals surface area contributed by atoms with E-state index in [4.69, 9.17) is 11.6 Å². The fraction of sp³-hybridized carbons (Fsp3) is 0.600. The molecule has 1 aromatic carbocycles. The first kappa shape index (κ1) is 22.5. The van der Waals surface area contributed by atoms with Gasteiger partial charge in [0, 0.05) is 44.8 Å². The molecule has 28 heavy (non-hydrogen) atoms. The van der Waals surface area contributed by atoms with E-state index in [-0.39, 0.29) is 11.9 Å². The zero-order valence-corrected chi connectivity index (χ0v) is 18.1. The minimum absolute atomic E-state index is 0.0702. The standard InChI is InChI=1S/C20H33ClN6O/c1-22-19(28)14-27-11-9-17(10-12-27)25-20(23-2)24-13-18(26(3)4)15-5-7-16(21)8-6-15/h5-8,17-18H,9-14H2,1-4H3,(H,22,28)(H2,23,24,25). The Bertz CT molecular complexity index is 641. The maximum Gasteiger partial charge on any atom is 0.233 e. The molecular formula is C20H33ClN6O. The van der Waals surface area contributed by atoms with E-state index in [0.29, 0.717) is 12.6 Å². The molecule has 0 aromatic heterocycles. The van der Waals surface area contributed by atoms with Crippen molar-refractivity contribution in [1.29, 1.82) is 0 Å². The maximum absolute atomic E-state index is 11.5. The van der Waals surface area contributed by atoms with Gasteiger partial charge in [0.25, 0.3) is 0 Å². The highest BCUT2D eigenvalue weighted by atomic mass is 35.5. The number of hydrogen-bond donors (Lipinski definition) is 3. The Morgan fingerprint density at radius 2 is 1.93 bits per heavy atom. The first-order valence-electron chi connectivity index (χ1n) is 9.75. The van der Waals surface area contributed by atoms with Crippen molar-refractivity contribution in [3.05, 3.63) is 34.9 Å². The molecule has 3 N–H and O–H groups in total. The number of nitrogens with one attached hydrogen (secondary N) is 3. The lowest BCUT2D eigenvalue weighted by molar-refractivity contribution is -0.122. The molecule has 1 saturated heterocycles. The number of piperidine rings is 1. The van der Waals surface area contributed by atoms with Crippen LogP contribution in [0.5, 0.6) is 0 Å². The number of carbonyl (C=O) groups excluding carboxylic acids is 1. The van der Waals surface area contributed by atoms with Crippen LogP contribution in [0.1, 0.15) is 24.4 Å². The van der Waals surface area contributed by atoms with Gasteiger partial charge < -0.3 is 20.9 Å². The Labute approximate surface area is 173 Å². The topological polar surface area (TPSA) is 72.0 Å². The summed E-state index contributed by atoms with van der Waals surface area (Å²) in [4.78, 5) is 20.3. The van der Waals surface area contributed by atoms with Gasteiger partial charge in [0.05, 0.1) is 12.6 Å². The lowest BCUT2D eigenvalue weighted by Gasteiger charge is -2.33. The third kappa shape index (κ3) is 6.96. The number of nitrogens with zero attached hydrogens (tertiary/aromatic N) is 3. The molecule has 1 fully saturated rings. The van der Waals surface area contributed by atoms with Gasteiger partial charge in [-0.2, -0.15) is 0 Å². The molecule has 1 atom stereocenters. The van der Waals surface area contributed by atoms with Crippen molar-refractivity contribution >= 4 is 23.5 Å². The molecule has 7 nitrogen and oxygen atoms in total. The van der Waals surface area contributed by atoms with Gasteiger partial charge in [-0.1, -0.05) is 23.7 Å². The molecule has 0 bridgehead atoms. The van der Waals surface area contributed by atoms with Crippen molar-refractivity contribution in [2.45, 2.75) is 24.9 Å². The number of carbonyl (C=O) groups is 1. The molecule has 8 heteroatoms. The second kappa shape index (κ2) is 11.2. The van der Waals surface area contributed by atoms with Crippen LogP contribution in [-0.4, -0.2) is 82.1 Å². The summed E-state index contributed by atoms with van der Waals surface area (Å²) >= 11 is 6.02. The molecule has 156 valence electrons. The third-order valence-electron chi connectivity index (χ3n) is 5.14. The molecule has 2 rings (SSSR count). The van der Waals surface area contributed by atoms with Crippen LogP contribution >= 0.6 is 11.6 Å². The maximum atomic E-state index is 11.5. The third-order valence-corrected chi connectivity index (χ3v) is 5.39. The van der Waals surface area contributed by atoms with E-state index in [1.807, 2.05) is 12.1 Å². The van der Waals surface area contributed by atoms with Crippen LogP contribution in [0.2, 0.25) is 5.02 Å². The van der Waals surface area contributed by atoms with Gasteiger partial charge in [0.15, 0.2) is 5.96 Å². The van der Waals surface area contributed by atoms with Crippen molar-refractivity contribution in [1.82, 2.24) is 25.8 Å². The van der Waals surface area contributed by atoms with Crippen LogP contribution in [0.15, 0.2) is 29.3 Å². The Hall–Kier alpha value is -1.83. The van der Waals surface area contributed by atoms with Crippen LogP contribution in [0.25, 0.3) is 0 Å². The summed E-state index contributed by atoms with van der Waals surface area (Å²) < 4.78 is 0. The van der Waals surface area contributed by atoms with Gasteiger partial charge in [0.1, 0.15) is 0 Å². The molecular weight excluding hydrogens is 376 g/mol. The summed E-state index contributed by atoms with van der Waals surface area (Å²) in [5, 5.41) is 10.4. The summed E-state index contributed by atoms with van der Waals surface area (Å²) in [6, 6.07) is 8.55. The van der Waals surface area contributed by atoms with E-state index in [1.165, 1.54) is 5.56 Å². The van der Waals surface area contributed by atoms with Crippen molar-refractivity contribution in [3.63, 3.8) is 0 Å². The summed E-state index contributed by atoms with van der Waals surface area (Å²) in [6.07, 6.45) is 1.98. The molecule has 1 aliphatic heterocycles. The van der Waals surface area contributed by atoms with Gasteiger partial charge in [-0.3, -0.25) is 14.7 Å². The zero-order valence-electron chi connectivity index (χ0n) is 17.3. The van der Waals surface area contributed by atoms with E-state index < -0.39 is 0 Å². The lowest BCUT2D eigenvalue weighted by Crippen LogP contribution is -2.50. The number of guanidine groups is 1. The predicted molar refractivity (Wildman–Crippen MR) is 116 cm³/mol. The largest absolute Gasteiger partial charge is 0.358 e. The van der Waals surface area contributed by atoms with Gasteiger partial charge >= 0.3 is 0 Å². The van der Waals surface area contributed by atoms with E-state index in [9.17, 15) is 4.79 Å². The van der Waals surface area contributed by atoms with Crippen LogP contribution in [0.4, 0.5) is 0 Å². The Balaban J connectivity index is 1.83. The molecule has 1 aromatic rings. The van der Waals surface area contributed by atoms with Crippen LogP contribution in [0, 0.1) is 0 Å². The van der Waals surface area contributed by atoms with Crippen molar-refractivity contribution in [3.8, 4) is 0 Å². The lowest BCUT2D eigenvalue weighted by atomic mass is 10.0. The first-order valence-corrected chi connectivity index (χ1v) is 10.1. The second-order valence-corrected chi connectivity index (χ2v) is 7.79. The molecule has 1 heterocycles. The van der Waals surface area contributed by atoms with E-state index in [1.54, 1.807) is 14.1 Å². The van der Waals surface area contributed by atoms with Crippen LogP contribution < -0.4 is 16.0 Å². The molecule has 0 radical (unpaired) electrons. The molecule has 1 aliphatic rings. The van der Waals surface area contributed by atoms with Gasteiger partial charge in [-0.15, -0.1) is 0 Å². The molecule has 1 amide bonds. The fourth-order valence-electron chi connectivity index (χ4n) is 3.38. The molecule has 0 saturated carbocycles. The summed E-state index contributed by atoms with van der Waals surface area (Å²) in [5.41, 5.74) is 1.21. The van der Waals surface area contributed by atoms with Crippen molar-refractivity contribution in [2.24, 2.45) is 4.99 Å². The van der Waals surface area contributed by atoms with Gasteiger partial charge in [-0.05, 0) is 44.6 Å². The van der Waals surface area contributed by atoms with Gasteiger partial charge in [0.2, 0.25) is 5.91 Å². The first-order chi connectivity index (χ1) is 13.4. The number of rotatable bonds is 7. The smallest absolute Gasteiger partial charge is 0.233 e.